The van der Waals surface area contributed by atoms with E-state index in [1.165, 1.54) is 17.4 Å². The number of aromatic amines is 1. The maximum absolute atomic E-state index is 11.7. The third kappa shape index (κ3) is 4.88. The van der Waals surface area contributed by atoms with E-state index in [1.807, 2.05) is 13.8 Å². The summed E-state index contributed by atoms with van der Waals surface area (Å²) in [6, 6.07) is 0. The summed E-state index contributed by atoms with van der Waals surface area (Å²) in [4.78, 5) is 25.2. The maximum atomic E-state index is 11.7. The van der Waals surface area contributed by atoms with Crippen molar-refractivity contribution in [2.24, 2.45) is 0 Å². The van der Waals surface area contributed by atoms with Crippen LogP contribution in [0.15, 0.2) is 15.8 Å². The van der Waals surface area contributed by atoms with Gasteiger partial charge in [0, 0.05) is 11.8 Å². The molecule has 2 heterocycles. The van der Waals surface area contributed by atoms with E-state index < -0.39 is 19.9 Å². The molecule has 1 N–H and O–H groups in total. The SMILES string of the molecule is CC.Cc1cn(C2CCC(CO[P+](C)=O)O2)c(=O)[nH]c1=O. The Morgan fingerprint density at radius 1 is 1.43 bits per heavy atom. The number of aryl methyl sites for hydroxylation is 1. The number of ether oxygens (including phenoxy) is 1. The third-order valence-corrected chi connectivity index (χ3v) is 3.50. The number of hydrogen-bond donors (Lipinski definition) is 1. The molecule has 1 aromatic rings. The average Bonchev–Trinajstić information content (AvgIpc) is 2.91. The first-order chi connectivity index (χ1) is 9.97. The molecule has 21 heavy (non-hydrogen) atoms. The second-order valence-electron chi connectivity index (χ2n) is 4.50. The Kier molecular flexibility index (Phi) is 6.95. The van der Waals surface area contributed by atoms with Crippen molar-refractivity contribution in [1.29, 1.82) is 0 Å². The molecule has 0 aromatic carbocycles. The zero-order valence-corrected chi connectivity index (χ0v) is 13.7. The molecule has 0 saturated carbocycles. The van der Waals surface area contributed by atoms with Gasteiger partial charge in [-0.15, -0.1) is 4.52 Å². The van der Waals surface area contributed by atoms with Gasteiger partial charge in [0.1, 0.15) is 12.8 Å². The minimum Gasteiger partial charge on any atom is -0.352 e. The van der Waals surface area contributed by atoms with Crippen LogP contribution in [0.3, 0.4) is 0 Å². The van der Waals surface area contributed by atoms with Crippen LogP contribution in [0.25, 0.3) is 0 Å². The summed E-state index contributed by atoms with van der Waals surface area (Å²) in [5, 5.41) is 0. The van der Waals surface area contributed by atoms with Crippen LogP contribution in [-0.2, 0) is 13.8 Å². The highest BCUT2D eigenvalue weighted by Gasteiger charge is 2.29. The van der Waals surface area contributed by atoms with Crippen molar-refractivity contribution >= 4 is 8.03 Å². The Bertz CT molecular complexity index is 595. The Morgan fingerprint density at radius 3 is 2.71 bits per heavy atom. The Hall–Kier alpha value is -1.30. The number of nitrogens with zero attached hydrogens (tertiary/aromatic N) is 1. The first kappa shape index (κ1) is 17.8. The second kappa shape index (κ2) is 8.22. The molecule has 8 heteroatoms. The highest BCUT2D eigenvalue weighted by Crippen LogP contribution is 2.29. The largest absolute Gasteiger partial charge is 0.504 e. The molecule has 0 spiro atoms. The molecule has 1 saturated heterocycles. The molecule has 7 nitrogen and oxygen atoms in total. The number of rotatable bonds is 4. The summed E-state index contributed by atoms with van der Waals surface area (Å²) in [6.07, 6.45) is 2.28. The quantitative estimate of drug-likeness (QED) is 0.857. The monoisotopic (exact) mass is 317 g/mol. The van der Waals surface area contributed by atoms with Crippen molar-refractivity contribution in [3.8, 4) is 0 Å². The highest BCUT2D eigenvalue weighted by atomic mass is 31.1. The summed E-state index contributed by atoms with van der Waals surface area (Å²) in [5.41, 5.74) is -0.412. The van der Waals surface area contributed by atoms with Gasteiger partial charge in [0.15, 0.2) is 6.66 Å². The third-order valence-electron chi connectivity index (χ3n) is 2.98. The number of H-pyrrole nitrogens is 1. The van der Waals surface area contributed by atoms with E-state index in [2.05, 4.69) is 4.98 Å². The lowest BCUT2D eigenvalue weighted by Crippen LogP contribution is -2.33. The van der Waals surface area contributed by atoms with Gasteiger partial charge in [-0.3, -0.25) is 14.3 Å². The van der Waals surface area contributed by atoms with Crippen LogP contribution < -0.4 is 11.2 Å². The van der Waals surface area contributed by atoms with Crippen molar-refractivity contribution in [3.63, 3.8) is 0 Å². The molecule has 2 rings (SSSR count). The lowest BCUT2D eigenvalue weighted by Gasteiger charge is -2.14. The predicted octanol–water partition coefficient (Wildman–Crippen LogP) is 1.94. The normalized spacial score (nSPS) is 21.6. The van der Waals surface area contributed by atoms with E-state index in [-0.39, 0.29) is 18.3 Å². The topological polar surface area (TPSA) is 90.4 Å². The molecular formula is C13H22N2O5P+. The van der Waals surface area contributed by atoms with Gasteiger partial charge in [0.2, 0.25) is 0 Å². The Labute approximate surface area is 124 Å². The van der Waals surface area contributed by atoms with E-state index in [9.17, 15) is 14.2 Å². The molecule has 1 fully saturated rings. The van der Waals surface area contributed by atoms with Crippen molar-refractivity contribution in [2.75, 3.05) is 13.3 Å². The summed E-state index contributed by atoms with van der Waals surface area (Å²) in [5.74, 6) is 0. The fourth-order valence-corrected chi connectivity index (χ4v) is 2.38. The number of aromatic nitrogens is 2. The summed E-state index contributed by atoms with van der Waals surface area (Å²) < 4.78 is 22.9. The van der Waals surface area contributed by atoms with Crippen LogP contribution in [0.2, 0.25) is 0 Å². The molecule has 118 valence electrons. The van der Waals surface area contributed by atoms with E-state index in [0.717, 1.165) is 6.42 Å². The minimum atomic E-state index is -1.65. The predicted molar refractivity (Wildman–Crippen MR) is 80.0 cm³/mol. The minimum absolute atomic E-state index is 0.178. The fraction of sp³-hybridized carbons (Fsp3) is 0.692. The zero-order chi connectivity index (χ0) is 16.0. The smallest absolute Gasteiger partial charge is 0.352 e. The van der Waals surface area contributed by atoms with Crippen LogP contribution in [0.1, 0.15) is 38.5 Å². The van der Waals surface area contributed by atoms with Gasteiger partial charge in [-0.05, 0) is 24.3 Å². The summed E-state index contributed by atoms with van der Waals surface area (Å²) in [6.45, 7) is 7.36. The van der Waals surface area contributed by atoms with E-state index >= 15 is 0 Å². The molecule has 0 amide bonds. The first-order valence-electron chi connectivity index (χ1n) is 6.98. The van der Waals surface area contributed by atoms with Crippen molar-refractivity contribution in [2.45, 2.75) is 45.9 Å². The standard InChI is InChI=1S/C11H15N2O5P.C2H6/c1-7-5-13(11(15)12-10(7)14)9-4-3-8(18-9)6-17-19(2)16;1-2/h5,8-9H,3-4,6H2,1-2H3;1-2H3/p+1. The fourth-order valence-electron chi connectivity index (χ4n) is 2.00. The van der Waals surface area contributed by atoms with Gasteiger partial charge in [0.25, 0.3) is 5.56 Å². The Balaban J connectivity index is 0.00000106. The van der Waals surface area contributed by atoms with E-state index in [4.69, 9.17) is 9.26 Å². The van der Waals surface area contributed by atoms with Gasteiger partial charge >= 0.3 is 13.7 Å². The second-order valence-corrected chi connectivity index (χ2v) is 5.64. The van der Waals surface area contributed by atoms with Crippen molar-refractivity contribution < 1.29 is 13.8 Å². The first-order valence-corrected chi connectivity index (χ1v) is 8.61. The zero-order valence-electron chi connectivity index (χ0n) is 12.8. The Morgan fingerprint density at radius 2 is 2.10 bits per heavy atom. The van der Waals surface area contributed by atoms with Gasteiger partial charge in [-0.25, -0.2) is 4.79 Å². The van der Waals surface area contributed by atoms with E-state index in [1.54, 1.807) is 6.92 Å². The van der Waals surface area contributed by atoms with Gasteiger partial charge in [-0.2, -0.15) is 0 Å². The van der Waals surface area contributed by atoms with Gasteiger partial charge < -0.3 is 4.74 Å². The molecule has 3 atom stereocenters. The molecule has 3 unspecified atom stereocenters. The molecule has 1 aliphatic rings. The molecule has 0 bridgehead atoms. The maximum Gasteiger partial charge on any atom is 0.504 e. The highest BCUT2D eigenvalue weighted by molar-refractivity contribution is 7.38. The molecule has 1 aliphatic heterocycles. The van der Waals surface area contributed by atoms with Crippen molar-refractivity contribution in [3.05, 3.63) is 32.6 Å². The molecule has 0 aliphatic carbocycles. The van der Waals surface area contributed by atoms with Crippen LogP contribution in [0.4, 0.5) is 0 Å². The van der Waals surface area contributed by atoms with Crippen LogP contribution in [0.5, 0.6) is 0 Å². The van der Waals surface area contributed by atoms with Crippen LogP contribution in [0, 0.1) is 6.92 Å². The summed E-state index contributed by atoms with van der Waals surface area (Å²) >= 11 is 0. The lowest BCUT2D eigenvalue weighted by molar-refractivity contribution is -0.0188. The summed E-state index contributed by atoms with van der Waals surface area (Å²) in [7, 11) is -1.65. The van der Waals surface area contributed by atoms with Gasteiger partial charge in [0.05, 0.1) is 6.10 Å². The molecular weight excluding hydrogens is 295 g/mol. The average molecular weight is 317 g/mol. The van der Waals surface area contributed by atoms with Crippen LogP contribution >= 0.6 is 8.03 Å². The van der Waals surface area contributed by atoms with Crippen LogP contribution in [-0.4, -0.2) is 28.9 Å². The van der Waals surface area contributed by atoms with Gasteiger partial charge in [-0.1, -0.05) is 13.8 Å². The molecule has 0 radical (unpaired) electrons. The van der Waals surface area contributed by atoms with E-state index in [0.29, 0.717) is 12.0 Å². The lowest BCUT2D eigenvalue weighted by atomic mass is 10.2. The number of nitrogens with one attached hydrogen (secondary N) is 1. The number of hydrogen-bond acceptors (Lipinski definition) is 5. The molecule has 1 aromatic heterocycles. The van der Waals surface area contributed by atoms with Crippen molar-refractivity contribution in [1.82, 2.24) is 9.55 Å².